The van der Waals surface area contributed by atoms with Gasteiger partial charge in [-0.15, -0.1) is 0 Å². The Morgan fingerprint density at radius 3 is 2.86 bits per heavy atom. The van der Waals surface area contributed by atoms with Crippen LogP contribution in [0.3, 0.4) is 0 Å². The Morgan fingerprint density at radius 2 is 2.11 bits per heavy atom. The Bertz CT molecular complexity index is 1330. The molecule has 0 aliphatic carbocycles. The van der Waals surface area contributed by atoms with E-state index in [1.807, 2.05) is 6.07 Å². The number of amides is 1. The third-order valence-corrected chi connectivity index (χ3v) is 7.60. The molecular weight excluding hydrogens is 480 g/mol. The number of anilines is 1. The summed E-state index contributed by atoms with van der Waals surface area (Å²) < 4.78 is 61.5. The van der Waals surface area contributed by atoms with Crippen molar-refractivity contribution in [1.82, 2.24) is 18.6 Å². The van der Waals surface area contributed by atoms with Gasteiger partial charge in [0.15, 0.2) is 0 Å². The van der Waals surface area contributed by atoms with E-state index < -0.39 is 28.6 Å². The number of nitrogens with zero attached hydrogens (tertiary/aromatic N) is 4. The topological polar surface area (TPSA) is 96.2 Å². The molecule has 2 aromatic heterocycles. The molecule has 0 saturated carbocycles. The van der Waals surface area contributed by atoms with Crippen LogP contribution in [-0.2, 0) is 10.2 Å². The van der Waals surface area contributed by atoms with Gasteiger partial charge in [0.05, 0.1) is 23.3 Å². The lowest BCUT2D eigenvalue weighted by Crippen LogP contribution is -2.41. The second kappa shape index (κ2) is 10.2. The van der Waals surface area contributed by atoms with E-state index in [1.165, 1.54) is 36.0 Å². The standard InChI is InChI=1S/C23H27F2N5O4S/c1-3-28(2)35(32,33)27-23(31)19-15-26-30-11-8-17(14-21(19)30)29-10-4-5-20(29)18-13-16(25)6-7-22(18)34-12-9-24/h6-8,11,13-15,20H,3-5,9-10,12H2,1-2H3,(H,27,31). The SMILES string of the molecule is CCN(C)S(=O)(=O)NC(=O)c1cnn2ccc(N3CCCC3c3cc(F)ccc3OCCF)cc12. The van der Waals surface area contributed by atoms with E-state index in [4.69, 9.17) is 4.74 Å². The minimum absolute atomic E-state index is 0.105. The van der Waals surface area contributed by atoms with Gasteiger partial charge in [0.2, 0.25) is 0 Å². The number of halogens is 2. The highest BCUT2D eigenvalue weighted by atomic mass is 32.2. The van der Waals surface area contributed by atoms with Gasteiger partial charge in [-0.05, 0) is 43.2 Å². The maximum Gasteiger partial charge on any atom is 0.303 e. The molecule has 3 heterocycles. The largest absolute Gasteiger partial charge is 0.490 e. The highest BCUT2D eigenvalue weighted by molar-refractivity contribution is 7.87. The first-order valence-corrected chi connectivity index (χ1v) is 12.7. The maximum atomic E-state index is 14.1. The number of carbonyl (C=O) groups excluding carboxylic acids is 1. The van der Waals surface area contributed by atoms with Crippen LogP contribution in [0.2, 0.25) is 0 Å². The first-order valence-electron chi connectivity index (χ1n) is 11.3. The smallest absolute Gasteiger partial charge is 0.303 e. The van der Waals surface area contributed by atoms with Crippen molar-refractivity contribution in [2.75, 3.05) is 38.3 Å². The monoisotopic (exact) mass is 507 g/mol. The Labute approximate surface area is 202 Å². The molecule has 1 aliphatic heterocycles. The molecule has 1 amide bonds. The van der Waals surface area contributed by atoms with Crippen molar-refractivity contribution in [3.63, 3.8) is 0 Å². The zero-order valence-corrected chi connectivity index (χ0v) is 20.3. The lowest BCUT2D eigenvalue weighted by atomic mass is 10.0. The molecule has 1 unspecified atom stereocenters. The predicted octanol–water partition coefficient (Wildman–Crippen LogP) is 3.09. The van der Waals surface area contributed by atoms with Crippen LogP contribution < -0.4 is 14.4 Å². The minimum Gasteiger partial charge on any atom is -0.490 e. The Hall–Kier alpha value is -3.25. The number of pyridine rings is 1. The van der Waals surface area contributed by atoms with Gasteiger partial charge >= 0.3 is 10.2 Å². The fourth-order valence-corrected chi connectivity index (χ4v) is 5.04. The van der Waals surface area contributed by atoms with Gasteiger partial charge in [-0.2, -0.15) is 17.8 Å². The van der Waals surface area contributed by atoms with Crippen LogP contribution in [0.15, 0.2) is 42.7 Å². The summed E-state index contributed by atoms with van der Waals surface area (Å²) in [5.74, 6) is -0.776. The van der Waals surface area contributed by atoms with Gasteiger partial charge in [-0.3, -0.25) is 4.79 Å². The molecule has 0 spiro atoms. The summed E-state index contributed by atoms with van der Waals surface area (Å²) in [5, 5.41) is 4.16. The van der Waals surface area contributed by atoms with Crippen molar-refractivity contribution >= 4 is 27.3 Å². The Kier molecular flexibility index (Phi) is 7.22. The van der Waals surface area contributed by atoms with E-state index in [0.29, 0.717) is 23.4 Å². The Balaban J connectivity index is 1.67. The average molecular weight is 508 g/mol. The summed E-state index contributed by atoms with van der Waals surface area (Å²) in [6, 6.07) is 7.54. The molecule has 188 valence electrons. The van der Waals surface area contributed by atoms with Crippen molar-refractivity contribution in [2.24, 2.45) is 0 Å². The van der Waals surface area contributed by atoms with Crippen molar-refractivity contribution in [2.45, 2.75) is 25.8 Å². The van der Waals surface area contributed by atoms with Gasteiger partial charge in [-0.25, -0.2) is 18.0 Å². The van der Waals surface area contributed by atoms with Crippen LogP contribution in [-0.4, -0.2) is 61.7 Å². The van der Waals surface area contributed by atoms with Crippen LogP contribution in [0.4, 0.5) is 14.5 Å². The molecule has 0 bridgehead atoms. The number of ether oxygens (including phenoxy) is 1. The number of alkyl halides is 1. The van der Waals surface area contributed by atoms with Crippen molar-refractivity contribution in [3.8, 4) is 5.75 Å². The average Bonchev–Trinajstić information content (AvgIpc) is 3.49. The first-order chi connectivity index (χ1) is 16.7. The second-order valence-electron chi connectivity index (χ2n) is 8.19. The molecule has 9 nitrogen and oxygen atoms in total. The zero-order valence-electron chi connectivity index (χ0n) is 19.4. The molecule has 1 fully saturated rings. The van der Waals surface area contributed by atoms with E-state index in [2.05, 4.69) is 14.7 Å². The molecule has 12 heteroatoms. The molecule has 35 heavy (non-hydrogen) atoms. The van der Waals surface area contributed by atoms with Crippen molar-refractivity contribution < 1.29 is 26.7 Å². The molecular formula is C23H27F2N5O4S. The van der Waals surface area contributed by atoms with Crippen LogP contribution in [0.25, 0.3) is 5.52 Å². The number of benzene rings is 1. The summed E-state index contributed by atoms with van der Waals surface area (Å²) in [4.78, 5) is 14.8. The normalized spacial score (nSPS) is 16.3. The summed E-state index contributed by atoms with van der Waals surface area (Å²) >= 11 is 0. The summed E-state index contributed by atoms with van der Waals surface area (Å²) in [7, 11) is -2.61. The highest BCUT2D eigenvalue weighted by Gasteiger charge is 2.30. The van der Waals surface area contributed by atoms with Gasteiger partial charge in [0.25, 0.3) is 5.91 Å². The van der Waals surface area contributed by atoms with Crippen molar-refractivity contribution in [1.29, 1.82) is 0 Å². The Morgan fingerprint density at radius 1 is 1.31 bits per heavy atom. The molecule has 4 rings (SSSR count). The number of hydrogen-bond donors (Lipinski definition) is 1. The number of carbonyl (C=O) groups is 1. The van der Waals surface area contributed by atoms with Crippen molar-refractivity contribution in [3.05, 3.63) is 59.7 Å². The zero-order chi connectivity index (χ0) is 25.2. The van der Waals surface area contributed by atoms with Crippen LogP contribution in [0.1, 0.15) is 41.7 Å². The fourth-order valence-electron chi connectivity index (χ4n) is 4.20. The van der Waals surface area contributed by atoms with E-state index >= 15 is 0 Å². The lowest BCUT2D eigenvalue weighted by molar-refractivity contribution is 0.0981. The molecule has 1 aliphatic rings. The highest BCUT2D eigenvalue weighted by Crippen LogP contribution is 2.40. The quantitative estimate of drug-likeness (QED) is 0.478. The van der Waals surface area contributed by atoms with E-state index in [1.54, 1.807) is 19.2 Å². The minimum atomic E-state index is -3.98. The number of aromatic nitrogens is 2. The van der Waals surface area contributed by atoms with Gasteiger partial charge in [0, 0.05) is 37.6 Å². The summed E-state index contributed by atoms with van der Waals surface area (Å²) in [5.41, 5.74) is 1.90. The molecule has 1 atom stereocenters. The van der Waals surface area contributed by atoms with Crippen LogP contribution in [0, 0.1) is 5.82 Å². The van der Waals surface area contributed by atoms with E-state index in [9.17, 15) is 22.0 Å². The summed E-state index contributed by atoms with van der Waals surface area (Å²) in [6.07, 6.45) is 4.56. The molecule has 1 N–H and O–H groups in total. The number of nitrogens with one attached hydrogen (secondary N) is 1. The van der Waals surface area contributed by atoms with Gasteiger partial charge in [-0.1, -0.05) is 6.92 Å². The number of fused-ring (bicyclic) bond motifs is 1. The third-order valence-electron chi connectivity index (χ3n) is 6.08. The van der Waals surface area contributed by atoms with Crippen LogP contribution >= 0.6 is 0 Å². The predicted molar refractivity (Wildman–Crippen MR) is 127 cm³/mol. The second-order valence-corrected chi connectivity index (χ2v) is 9.97. The summed E-state index contributed by atoms with van der Waals surface area (Å²) in [6.45, 7) is 1.75. The third kappa shape index (κ3) is 5.08. The first kappa shape index (κ1) is 24.9. The molecule has 1 saturated heterocycles. The number of rotatable bonds is 9. The van der Waals surface area contributed by atoms with E-state index in [0.717, 1.165) is 22.8 Å². The maximum absolute atomic E-state index is 14.1. The lowest BCUT2D eigenvalue weighted by Gasteiger charge is -2.28. The van der Waals surface area contributed by atoms with E-state index in [-0.39, 0.29) is 24.8 Å². The number of hydrogen-bond acceptors (Lipinski definition) is 6. The fraction of sp³-hybridized carbons (Fsp3) is 0.391. The van der Waals surface area contributed by atoms with Gasteiger partial charge in [0.1, 0.15) is 24.8 Å². The molecule has 1 aromatic carbocycles. The molecule has 3 aromatic rings. The van der Waals surface area contributed by atoms with Crippen LogP contribution in [0.5, 0.6) is 5.75 Å². The van der Waals surface area contributed by atoms with Gasteiger partial charge < -0.3 is 9.64 Å². The molecule has 0 radical (unpaired) electrons.